The molecular weight excluding hydrogens is 388 g/mol. The molecule has 148 valence electrons. The first-order valence-electron chi connectivity index (χ1n) is 9.38. The molecule has 5 nitrogen and oxygen atoms in total. The first kappa shape index (κ1) is 19.2. The maximum absolute atomic E-state index is 12.6. The molecule has 4 rings (SSSR count). The smallest absolute Gasteiger partial charge is 0.326 e. The molecule has 0 spiro atoms. The molecule has 0 amide bonds. The molecule has 0 fully saturated rings. The number of methoxy groups -OCH3 is 1. The topological polar surface area (TPSA) is 56.2 Å². The zero-order valence-corrected chi connectivity index (χ0v) is 17.0. The Morgan fingerprint density at radius 2 is 1.86 bits per heavy atom. The van der Waals surface area contributed by atoms with Gasteiger partial charge in [0.15, 0.2) is 11.5 Å². The highest BCUT2D eigenvalue weighted by Gasteiger charge is 2.12. The summed E-state index contributed by atoms with van der Waals surface area (Å²) in [6.45, 7) is 2.89. The average molecular weight is 409 g/mol. The zero-order valence-electron chi connectivity index (χ0n) is 16.2. The zero-order chi connectivity index (χ0) is 20.4. The fourth-order valence-electron chi connectivity index (χ4n) is 3.45. The van der Waals surface area contributed by atoms with E-state index >= 15 is 0 Å². The Morgan fingerprint density at radius 1 is 1.03 bits per heavy atom. The summed E-state index contributed by atoms with van der Waals surface area (Å²) in [5.74, 6) is 1.34. The van der Waals surface area contributed by atoms with Gasteiger partial charge in [0.2, 0.25) is 0 Å². The van der Waals surface area contributed by atoms with Gasteiger partial charge in [-0.1, -0.05) is 41.9 Å². The van der Waals surface area contributed by atoms with Crippen LogP contribution in [-0.4, -0.2) is 23.3 Å². The average Bonchev–Trinajstić information content (AvgIpc) is 3.03. The number of aromatic nitrogens is 2. The van der Waals surface area contributed by atoms with Gasteiger partial charge >= 0.3 is 5.69 Å². The van der Waals surface area contributed by atoms with Gasteiger partial charge in [-0.05, 0) is 48.4 Å². The summed E-state index contributed by atoms with van der Waals surface area (Å²) < 4.78 is 12.7. The molecule has 0 bridgehead atoms. The summed E-state index contributed by atoms with van der Waals surface area (Å²) in [6, 6.07) is 19.2. The molecule has 0 aliphatic carbocycles. The molecule has 3 aromatic carbocycles. The van der Waals surface area contributed by atoms with E-state index in [2.05, 4.69) is 4.98 Å². The third-order valence-electron chi connectivity index (χ3n) is 4.83. The highest BCUT2D eigenvalue weighted by Crippen LogP contribution is 2.30. The number of nitrogens with zero attached hydrogens (tertiary/aromatic N) is 1. The van der Waals surface area contributed by atoms with Crippen molar-refractivity contribution in [1.82, 2.24) is 9.55 Å². The maximum Gasteiger partial charge on any atom is 0.326 e. The second-order valence-electron chi connectivity index (χ2n) is 6.65. The normalized spacial score (nSPS) is 11.0. The highest BCUT2D eigenvalue weighted by atomic mass is 35.5. The van der Waals surface area contributed by atoms with Gasteiger partial charge in [-0.15, -0.1) is 0 Å². The molecule has 0 unspecified atom stereocenters. The SMILES string of the molecule is CCOc1cc(Cn2c(=O)[nH]c3cc(-c4ccccc4Cl)ccc32)ccc1OC. The lowest BCUT2D eigenvalue weighted by Crippen LogP contribution is -2.17. The van der Waals surface area contributed by atoms with Crippen molar-refractivity contribution in [3.63, 3.8) is 0 Å². The summed E-state index contributed by atoms with van der Waals surface area (Å²) in [4.78, 5) is 15.6. The van der Waals surface area contributed by atoms with E-state index in [1.54, 1.807) is 11.7 Å². The van der Waals surface area contributed by atoms with Gasteiger partial charge in [-0.3, -0.25) is 4.57 Å². The number of halogens is 1. The molecule has 29 heavy (non-hydrogen) atoms. The number of fused-ring (bicyclic) bond motifs is 1. The third kappa shape index (κ3) is 3.74. The Balaban J connectivity index is 1.72. The van der Waals surface area contributed by atoms with Gasteiger partial charge in [-0.2, -0.15) is 0 Å². The van der Waals surface area contributed by atoms with Gasteiger partial charge < -0.3 is 14.5 Å². The second kappa shape index (κ2) is 8.05. The number of ether oxygens (including phenoxy) is 2. The number of hydrogen-bond donors (Lipinski definition) is 1. The molecule has 0 aliphatic heterocycles. The van der Waals surface area contributed by atoms with E-state index in [1.165, 1.54) is 0 Å². The fourth-order valence-corrected chi connectivity index (χ4v) is 3.70. The van der Waals surface area contributed by atoms with Crippen molar-refractivity contribution in [2.75, 3.05) is 13.7 Å². The molecule has 0 saturated carbocycles. The largest absolute Gasteiger partial charge is 0.493 e. The number of nitrogens with one attached hydrogen (secondary N) is 1. The Morgan fingerprint density at radius 3 is 2.62 bits per heavy atom. The van der Waals surface area contributed by atoms with Crippen LogP contribution in [0.1, 0.15) is 12.5 Å². The molecule has 0 saturated heterocycles. The first-order valence-corrected chi connectivity index (χ1v) is 9.75. The predicted octanol–water partition coefficient (Wildman–Crippen LogP) is 5.11. The number of benzene rings is 3. The third-order valence-corrected chi connectivity index (χ3v) is 5.16. The summed E-state index contributed by atoms with van der Waals surface area (Å²) in [5, 5.41) is 0.676. The van der Waals surface area contributed by atoms with Crippen LogP contribution in [-0.2, 0) is 6.54 Å². The molecule has 6 heteroatoms. The minimum atomic E-state index is -0.162. The van der Waals surface area contributed by atoms with E-state index in [-0.39, 0.29) is 5.69 Å². The predicted molar refractivity (Wildman–Crippen MR) is 116 cm³/mol. The van der Waals surface area contributed by atoms with E-state index in [9.17, 15) is 4.79 Å². The van der Waals surface area contributed by atoms with Crippen molar-refractivity contribution in [3.05, 3.63) is 81.7 Å². The first-order chi connectivity index (χ1) is 14.1. The number of H-pyrrole nitrogens is 1. The molecular formula is C23H21ClN2O3. The van der Waals surface area contributed by atoms with Crippen LogP contribution >= 0.6 is 11.6 Å². The summed E-state index contributed by atoms with van der Waals surface area (Å²) >= 11 is 6.32. The lowest BCUT2D eigenvalue weighted by atomic mass is 10.1. The molecule has 0 aliphatic rings. The van der Waals surface area contributed by atoms with E-state index in [0.29, 0.717) is 29.7 Å². The molecule has 0 radical (unpaired) electrons. The van der Waals surface area contributed by atoms with E-state index in [4.69, 9.17) is 21.1 Å². The maximum atomic E-state index is 12.6. The van der Waals surface area contributed by atoms with Gasteiger partial charge in [-0.25, -0.2) is 4.79 Å². The van der Waals surface area contributed by atoms with E-state index in [0.717, 1.165) is 27.7 Å². The monoisotopic (exact) mass is 408 g/mol. The van der Waals surface area contributed by atoms with Gasteiger partial charge in [0, 0.05) is 10.6 Å². The molecule has 1 aromatic heterocycles. The fraction of sp³-hybridized carbons (Fsp3) is 0.174. The van der Waals surface area contributed by atoms with Crippen molar-refractivity contribution in [3.8, 4) is 22.6 Å². The highest BCUT2D eigenvalue weighted by molar-refractivity contribution is 6.33. The van der Waals surface area contributed by atoms with Crippen molar-refractivity contribution < 1.29 is 9.47 Å². The van der Waals surface area contributed by atoms with E-state index in [1.807, 2.05) is 67.6 Å². The Kier molecular flexibility index (Phi) is 5.32. The van der Waals surface area contributed by atoms with Crippen LogP contribution in [0.25, 0.3) is 22.2 Å². The van der Waals surface area contributed by atoms with Crippen LogP contribution in [0.15, 0.2) is 65.5 Å². The number of aromatic amines is 1. The van der Waals surface area contributed by atoms with Gasteiger partial charge in [0.05, 0.1) is 31.3 Å². The molecule has 4 aromatic rings. The Hall–Kier alpha value is -3.18. The van der Waals surface area contributed by atoms with Crippen LogP contribution in [0, 0.1) is 0 Å². The van der Waals surface area contributed by atoms with Crippen LogP contribution in [0.2, 0.25) is 5.02 Å². The Bertz CT molecular complexity index is 1230. The van der Waals surface area contributed by atoms with Crippen LogP contribution in [0.4, 0.5) is 0 Å². The number of imidazole rings is 1. The van der Waals surface area contributed by atoms with Gasteiger partial charge in [0.25, 0.3) is 0 Å². The summed E-state index contributed by atoms with van der Waals surface area (Å²) in [5.41, 5.74) is 4.28. The lowest BCUT2D eigenvalue weighted by Gasteiger charge is -2.11. The lowest BCUT2D eigenvalue weighted by molar-refractivity contribution is 0.310. The number of rotatable bonds is 6. The summed E-state index contributed by atoms with van der Waals surface area (Å²) in [7, 11) is 1.61. The molecule has 1 N–H and O–H groups in total. The summed E-state index contributed by atoms with van der Waals surface area (Å²) in [6.07, 6.45) is 0. The molecule has 1 heterocycles. The van der Waals surface area contributed by atoms with Crippen molar-refractivity contribution in [2.24, 2.45) is 0 Å². The Labute approximate surface area is 173 Å². The van der Waals surface area contributed by atoms with Crippen molar-refractivity contribution in [1.29, 1.82) is 0 Å². The minimum absolute atomic E-state index is 0.162. The van der Waals surface area contributed by atoms with Crippen LogP contribution in [0.3, 0.4) is 0 Å². The minimum Gasteiger partial charge on any atom is -0.493 e. The standard InChI is InChI=1S/C23H21ClN2O3/c1-3-29-22-12-15(8-11-21(22)28-2)14-26-20-10-9-16(13-19(20)25-23(26)27)17-6-4-5-7-18(17)24/h4-13H,3,14H2,1-2H3,(H,25,27). The van der Waals surface area contributed by atoms with E-state index < -0.39 is 0 Å². The second-order valence-corrected chi connectivity index (χ2v) is 7.05. The van der Waals surface area contributed by atoms with Crippen LogP contribution in [0.5, 0.6) is 11.5 Å². The van der Waals surface area contributed by atoms with Crippen molar-refractivity contribution in [2.45, 2.75) is 13.5 Å². The quantitative estimate of drug-likeness (QED) is 0.482. The van der Waals surface area contributed by atoms with Crippen LogP contribution < -0.4 is 15.2 Å². The van der Waals surface area contributed by atoms with Gasteiger partial charge in [0.1, 0.15) is 0 Å². The number of hydrogen-bond acceptors (Lipinski definition) is 3. The molecule has 0 atom stereocenters. The van der Waals surface area contributed by atoms with Crippen molar-refractivity contribution >= 4 is 22.6 Å².